The van der Waals surface area contributed by atoms with Crippen LogP contribution in [0.1, 0.15) is 266 Å². The van der Waals surface area contributed by atoms with Gasteiger partial charge in [0.15, 0.2) is 31.5 Å². The van der Waals surface area contributed by atoms with Crippen LogP contribution in [-0.4, -0.2) is 462 Å². The monoisotopic (exact) mass is 2140 g/mol. The molecule has 0 bridgehead atoms. The molecule has 7 heterocycles. The third-order valence-electron chi connectivity index (χ3n) is 28.2. The highest BCUT2D eigenvalue weighted by atomic mass is 16.8. The Balaban J connectivity index is 1.19. The fourth-order valence-corrected chi connectivity index (χ4v) is 19.9. The first-order chi connectivity index (χ1) is 70.7. The van der Waals surface area contributed by atoms with Crippen molar-refractivity contribution in [2.24, 2.45) is 0 Å². The van der Waals surface area contributed by atoms with Crippen LogP contribution in [0.2, 0.25) is 0 Å². The Morgan fingerprint density at radius 1 is 0.358 bits per heavy atom. The van der Waals surface area contributed by atoms with Crippen molar-refractivity contribution in [2.75, 3.05) is 59.5 Å². The van der Waals surface area contributed by atoms with E-state index in [4.69, 9.17) is 66.3 Å². The molecule has 0 radical (unpaired) electrons. The van der Waals surface area contributed by atoms with Gasteiger partial charge in [-0.3, -0.25) is 24.0 Å². The fourth-order valence-electron chi connectivity index (χ4n) is 19.9. The van der Waals surface area contributed by atoms with Gasteiger partial charge >= 0.3 is 11.9 Å². The molecule has 7 rings (SSSR count). The van der Waals surface area contributed by atoms with E-state index in [0.29, 0.717) is 12.8 Å². The largest absolute Gasteiger partial charge is 0.477 e. The number of carboxylic acids is 2. The molecule has 5 amide bonds. The summed E-state index contributed by atoms with van der Waals surface area (Å²) in [6.45, 7) is -3.92. The summed E-state index contributed by atoms with van der Waals surface area (Å²) < 4.78 is 85.9. The molecule has 7 aliphatic heterocycles. The van der Waals surface area contributed by atoms with E-state index in [1.807, 2.05) is 0 Å². The molecule has 0 aromatic rings. The van der Waals surface area contributed by atoms with Gasteiger partial charge in [0, 0.05) is 40.0 Å². The number of hydrogen-bond donors (Lipinski definition) is 29. The van der Waals surface area contributed by atoms with E-state index < -0.39 is 352 Å². The Bertz CT molecular complexity index is 3810. The Morgan fingerprint density at radius 2 is 0.703 bits per heavy atom. The summed E-state index contributed by atoms with van der Waals surface area (Å²) in [5.41, 5.74) is 0. The average molecular weight is 2140 g/mol. The van der Waals surface area contributed by atoms with Crippen LogP contribution in [0, 0.1) is 0 Å². The van der Waals surface area contributed by atoms with Gasteiger partial charge < -0.3 is 215 Å². The molecule has 7 saturated heterocycles. The summed E-state index contributed by atoms with van der Waals surface area (Å²) in [6.07, 6.45) is -36.3. The lowest BCUT2D eigenvalue weighted by atomic mass is 9.88. The number of unbranched alkanes of at least 4 members (excludes halogenated alkanes) is 31. The second-order valence-electron chi connectivity index (χ2n) is 39.9. The van der Waals surface area contributed by atoms with E-state index in [9.17, 15) is 156 Å². The number of aliphatic hydroxyl groups is 22. The standard InChI is InChI=1S/C98H173N5O45/c1-6-8-10-12-14-16-18-20-21-22-23-24-25-26-27-29-31-33-35-37-39-41-67(120)102-56(57(115)40-38-36-34-32-30-28-19-17-15-13-11-9-7-2)52-135-92-79(128)78(127)82(64(48-108)138-92)141-93-80(129)88(147-97(95(131)132)42-58(116)69(99-53(3)112)86(145-97)73(122)60(118)44-104)84(66(50-110)139-93)143-91-72(101-55(5)114)85(76(125)63(47-107)137-91)144-94-81(130)89(83(65(49-109)140-94)142-90-71(100-54(4)113)77(126)75(124)62(46-106)136-90)148-98(96(133)134)43-59(117)70(103-68(121)51-111)87(146-98)74(123)61(119)45-105/h38,40,56-66,69-94,104-111,115-119,122-130H,6-37,39,41-52H2,1-5H3,(H,99,112)(H,100,113)(H,101,114)(H,102,120)(H,103,121)(H,131,132)(H,133,134)/b40-38+/t56-,57+,58?,59?,60+,61+,62?,63?,64?,65?,66?,69+,70+,71?,72?,73+,74+,75-,76-,77+,78+,79?,80?,81?,82+,83-,84-,85+,86?,87?,88+,89+,90-,91-,92+,93-,94-,97-,98-/m0/s1. The highest BCUT2D eigenvalue weighted by Crippen LogP contribution is 2.45. The lowest BCUT2D eigenvalue weighted by molar-refractivity contribution is -0.408. The molecule has 0 aromatic heterocycles. The molecule has 0 aromatic carbocycles. The van der Waals surface area contributed by atoms with Crippen molar-refractivity contribution in [1.29, 1.82) is 0 Å². The molecule has 0 saturated carbocycles. The molecule has 50 heteroatoms. The molecule has 148 heavy (non-hydrogen) atoms. The summed E-state index contributed by atoms with van der Waals surface area (Å²) in [5, 5.41) is 286. The number of aliphatic carboxylic acids is 2. The molecule has 0 spiro atoms. The zero-order valence-corrected chi connectivity index (χ0v) is 85.6. The van der Waals surface area contributed by atoms with Crippen molar-refractivity contribution in [1.82, 2.24) is 26.6 Å². The van der Waals surface area contributed by atoms with E-state index in [2.05, 4.69) is 40.4 Å². The fraction of sp³-hybridized carbons (Fsp3) is 0.908. The van der Waals surface area contributed by atoms with Crippen LogP contribution in [0.5, 0.6) is 0 Å². The summed E-state index contributed by atoms with van der Waals surface area (Å²) in [5.74, 6) is -16.6. The minimum Gasteiger partial charge on any atom is -0.477 e. The number of rotatable bonds is 70. The van der Waals surface area contributed by atoms with Gasteiger partial charge in [-0.2, -0.15) is 0 Å². The van der Waals surface area contributed by atoms with Gasteiger partial charge in [-0.05, 0) is 19.3 Å². The molecule has 14 unspecified atom stereocenters. The number of carbonyl (C=O) groups is 7. The molecule has 50 nitrogen and oxygen atoms in total. The third kappa shape index (κ3) is 38.3. The number of allylic oxidation sites excluding steroid dienone is 1. The molecule has 39 atom stereocenters. The summed E-state index contributed by atoms with van der Waals surface area (Å²) in [6, 6.07) is -9.38. The van der Waals surface area contributed by atoms with Crippen molar-refractivity contribution in [3.63, 3.8) is 0 Å². The van der Waals surface area contributed by atoms with Crippen LogP contribution < -0.4 is 26.6 Å². The van der Waals surface area contributed by atoms with Gasteiger partial charge in [-0.25, -0.2) is 9.59 Å². The number of carbonyl (C=O) groups excluding carboxylic acids is 5. The van der Waals surface area contributed by atoms with Crippen molar-refractivity contribution in [3.8, 4) is 0 Å². The Kier molecular flexibility index (Phi) is 58.5. The van der Waals surface area contributed by atoms with Gasteiger partial charge in [0.25, 0.3) is 11.6 Å². The predicted molar refractivity (Wildman–Crippen MR) is 513 cm³/mol. The van der Waals surface area contributed by atoms with Crippen LogP contribution >= 0.6 is 0 Å². The van der Waals surface area contributed by atoms with Crippen LogP contribution in [0.25, 0.3) is 0 Å². The minimum atomic E-state index is -3.59. The van der Waals surface area contributed by atoms with Crippen molar-refractivity contribution >= 4 is 41.5 Å². The summed E-state index contributed by atoms with van der Waals surface area (Å²) in [7, 11) is 0. The van der Waals surface area contributed by atoms with Gasteiger partial charge in [-0.15, -0.1) is 0 Å². The van der Waals surface area contributed by atoms with Gasteiger partial charge in [0.2, 0.25) is 29.5 Å². The maximum Gasteiger partial charge on any atom is 0.364 e. The number of aliphatic hydroxyl groups excluding tert-OH is 22. The molecular formula is C98H173N5O45. The molecule has 0 aliphatic carbocycles. The molecule has 7 fully saturated rings. The molecule has 7 aliphatic rings. The number of hydrogen-bond acceptors (Lipinski definition) is 43. The minimum absolute atomic E-state index is 0.0710. The van der Waals surface area contributed by atoms with Gasteiger partial charge in [0.05, 0.1) is 89.3 Å². The van der Waals surface area contributed by atoms with E-state index in [1.165, 1.54) is 134 Å². The maximum absolute atomic E-state index is 14.2. The van der Waals surface area contributed by atoms with E-state index in [1.54, 1.807) is 6.08 Å². The first kappa shape index (κ1) is 129. The number of carboxylic acid groups (broad SMARTS) is 2. The molecule has 29 N–H and O–H groups in total. The maximum atomic E-state index is 14.2. The zero-order chi connectivity index (χ0) is 109. The SMILES string of the molecule is CCCCCCCCCCCCC/C=C/[C@@H](O)[C@H](CO[C@@H]1OC(CO)[C@@H](O[C@@H]2OC(CO)[C@H](O[C@@H]3OC(CO)[C@H](O)[C@H](O[C@@H]4OC(CO)[C@H](O[C@@H]5OC(CO)[C@H](O)[C@H](O)C5NC(C)=O)[C@H](O[C@]5(C(=O)O)CC(O)[C@@H](NC(=O)CO)C([C@H](O)[C@H](O)CO)O5)C4O)C3NC(C)=O)[C@H](O[C@]3(C(=O)O)CC(O)[C@@H](NC(C)=O)C([C@H](O)[C@H](O)CO)O3)C2O)[C@H](O)C1O)NC(=O)CCCCCCCCCCCCCCCCCCCCCCC. The summed E-state index contributed by atoms with van der Waals surface area (Å²) in [4.78, 5) is 94.2. The predicted octanol–water partition coefficient (Wildman–Crippen LogP) is -4.59. The van der Waals surface area contributed by atoms with Crippen LogP contribution in [0.15, 0.2) is 12.2 Å². The number of amides is 5. The van der Waals surface area contributed by atoms with E-state index in [0.717, 1.165) is 91.4 Å². The lowest BCUT2D eigenvalue weighted by Crippen LogP contribution is -2.73. The second-order valence-corrected chi connectivity index (χ2v) is 39.9. The van der Waals surface area contributed by atoms with Crippen LogP contribution in [0.3, 0.4) is 0 Å². The number of ether oxygens (including phenoxy) is 14. The first-order valence-electron chi connectivity index (χ1n) is 52.9. The zero-order valence-electron chi connectivity index (χ0n) is 85.6. The molecule has 860 valence electrons. The Labute approximate surface area is 862 Å². The number of nitrogens with one attached hydrogen (secondary N) is 5. The quantitative estimate of drug-likeness (QED) is 0.0201. The lowest BCUT2D eigenvalue weighted by Gasteiger charge is -2.53. The van der Waals surface area contributed by atoms with Crippen LogP contribution in [0.4, 0.5) is 0 Å². The highest BCUT2D eigenvalue weighted by molar-refractivity contribution is 5.79. The van der Waals surface area contributed by atoms with E-state index >= 15 is 0 Å². The van der Waals surface area contributed by atoms with Crippen molar-refractivity contribution in [3.05, 3.63) is 12.2 Å². The van der Waals surface area contributed by atoms with E-state index in [-0.39, 0.29) is 6.42 Å². The average Bonchev–Trinajstić information content (AvgIpc) is 0.744. The Morgan fingerprint density at radius 3 is 1.09 bits per heavy atom. The van der Waals surface area contributed by atoms with Crippen molar-refractivity contribution < 1.29 is 222 Å². The van der Waals surface area contributed by atoms with Crippen molar-refractivity contribution in [2.45, 2.75) is 504 Å². The highest BCUT2D eigenvalue weighted by Gasteiger charge is 2.65. The molecular weight excluding hydrogens is 1970 g/mol. The first-order valence-corrected chi connectivity index (χ1v) is 52.9. The summed E-state index contributed by atoms with van der Waals surface area (Å²) >= 11 is 0. The topological polar surface area (TPSA) is 794 Å². The third-order valence-corrected chi connectivity index (χ3v) is 28.2. The smallest absolute Gasteiger partial charge is 0.364 e. The van der Waals surface area contributed by atoms with Gasteiger partial charge in [0.1, 0.15) is 165 Å². The normalized spacial score (nSPS) is 34.9. The van der Waals surface area contributed by atoms with Crippen LogP contribution in [-0.2, 0) is 99.9 Å². The second kappa shape index (κ2) is 66.9. The van der Waals surface area contributed by atoms with Gasteiger partial charge in [-0.1, -0.05) is 219 Å². The Hall–Kier alpha value is -5.41.